The molecule has 0 fully saturated rings. The van der Waals surface area contributed by atoms with Gasteiger partial charge < -0.3 is 15.0 Å². The molecule has 1 aromatic heterocycles. The highest BCUT2D eigenvalue weighted by molar-refractivity contribution is 7.89. The van der Waals surface area contributed by atoms with E-state index in [1.807, 2.05) is 0 Å². The number of methoxy groups -OCH3 is 1. The second-order valence-corrected chi connectivity index (χ2v) is 6.67. The third kappa shape index (κ3) is 6.51. The largest absolute Gasteiger partial charge is 0.385 e. The van der Waals surface area contributed by atoms with E-state index in [2.05, 4.69) is 15.0 Å². The first-order valence-electron chi connectivity index (χ1n) is 7.28. The molecule has 0 aromatic carbocycles. The van der Waals surface area contributed by atoms with Gasteiger partial charge in [0.25, 0.3) is 10.0 Å². The first-order valence-corrected chi connectivity index (χ1v) is 8.76. The highest BCUT2D eigenvalue weighted by Gasteiger charge is 2.17. The molecule has 0 unspecified atom stereocenters. The van der Waals surface area contributed by atoms with E-state index in [1.165, 1.54) is 13.1 Å². The van der Waals surface area contributed by atoms with Crippen molar-refractivity contribution in [2.24, 2.45) is 0 Å². The first-order chi connectivity index (χ1) is 10.9. The lowest BCUT2D eigenvalue weighted by Crippen LogP contribution is -2.33. The lowest BCUT2D eigenvalue weighted by molar-refractivity contribution is -0.119. The van der Waals surface area contributed by atoms with Gasteiger partial charge in [-0.15, -0.1) is 0 Å². The molecule has 0 aliphatic carbocycles. The quantitative estimate of drug-likeness (QED) is 0.578. The van der Waals surface area contributed by atoms with Crippen LogP contribution < -0.4 is 14.9 Å². The Kier molecular flexibility index (Phi) is 7.93. The van der Waals surface area contributed by atoms with Crippen LogP contribution in [-0.2, 0) is 19.6 Å². The van der Waals surface area contributed by atoms with Crippen LogP contribution in [0.15, 0.2) is 23.2 Å². The Balaban J connectivity index is 2.72. The molecule has 0 saturated heterocycles. The summed E-state index contributed by atoms with van der Waals surface area (Å²) in [6.07, 6.45) is 1.46. The van der Waals surface area contributed by atoms with Crippen LogP contribution in [0.5, 0.6) is 0 Å². The molecule has 8 nitrogen and oxygen atoms in total. The predicted octanol–water partition coefficient (Wildman–Crippen LogP) is -0.0313. The normalized spacial score (nSPS) is 11.3. The molecule has 1 aromatic rings. The molecule has 0 bridgehead atoms. The van der Waals surface area contributed by atoms with Crippen LogP contribution in [0.1, 0.15) is 12.8 Å². The first kappa shape index (κ1) is 19.3. The summed E-state index contributed by atoms with van der Waals surface area (Å²) in [5.41, 5.74) is 0. The van der Waals surface area contributed by atoms with Crippen molar-refractivity contribution < 1.29 is 17.9 Å². The summed E-state index contributed by atoms with van der Waals surface area (Å²) < 4.78 is 31.9. The number of carbonyl (C=O) groups excluding carboxylic acids is 1. The number of ether oxygens (including phenoxy) is 1. The third-order valence-electron chi connectivity index (χ3n) is 3.10. The lowest BCUT2D eigenvalue weighted by atomic mass is 10.3. The minimum absolute atomic E-state index is 0.0644. The minimum Gasteiger partial charge on any atom is -0.385 e. The summed E-state index contributed by atoms with van der Waals surface area (Å²) in [5, 5.41) is 2.44. The monoisotopic (exact) mass is 344 g/mol. The molecule has 0 saturated carbocycles. The zero-order chi connectivity index (χ0) is 17.3. The maximum Gasteiger partial charge on any atom is 0.258 e. The van der Waals surface area contributed by atoms with Crippen molar-refractivity contribution in [2.75, 3.05) is 45.8 Å². The van der Waals surface area contributed by atoms with Crippen molar-refractivity contribution in [2.45, 2.75) is 17.9 Å². The Hall–Kier alpha value is -1.71. The number of hydrogen-bond acceptors (Lipinski definition) is 6. The minimum atomic E-state index is -3.67. The molecule has 0 aliphatic rings. The number of sulfonamides is 1. The second kappa shape index (κ2) is 9.43. The predicted molar refractivity (Wildman–Crippen MR) is 87.9 cm³/mol. The smallest absolute Gasteiger partial charge is 0.258 e. The number of carbonyl (C=O) groups is 1. The molecular formula is C14H24N4O4S. The van der Waals surface area contributed by atoms with Gasteiger partial charge in [-0.2, -0.15) is 0 Å². The number of pyridine rings is 1. The highest BCUT2D eigenvalue weighted by atomic mass is 32.2. The standard InChI is InChI=1S/C14H24N4O4S/c1-15-13(19)11-18(2)12-7-6-8-14(17-12)23(20,21)16-9-4-5-10-22-3/h6-8,16H,4-5,9-11H2,1-3H3,(H,15,19). The molecule has 1 amide bonds. The third-order valence-corrected chi connectivity index (χ3v) is 4.46. The number of hydrogen-bond donors (Lipinski definition) is 2. The summed E-state index contributed by atoms with van der Waals surface area (Å²) in [5.74, 6) is 0.231. The molecule has 0 aliphatic heterocycles. The number of nitrogens with zero attached hydrogens (tertiary/aromatic N) is 2. The summed E-state index contributed by atoms with van der Waals surface area (Å²) in [6.45, 7) is 1.02. The van der Waals surface area contributed by atoms with Crippen molar-refractivity contribution in [1.29, 1.82) is 0 Å². The average Bonchev–Trinajstić information content (AvgIpc) is 2.54. The number of aromatic nitrogens is 1. The maximum absolute atomic E-state index is 12.2. The van der Waals surface area contributed by atoms with E-state index in [0.717, 1.165) is 6.42 Å². The van der Waals surface area contributed by atoms with Crippen molar-refractivity contribution >= 4 is 21.7 Å². The Morgan fingerprint density at radius 3 is 2.74 bits per heavy atom. The Morgan fingerprint density at radius 1 is 1.35 bits per heavy atom. The molecule has 0 atom stereocenters. The van der Waals surface area contributed by atoms with Gasteiger partial charge in [-0.1, -0.05) is 6.07 Å². The van der Waals surface area contributed by atoms with E-state index in [4.69, 9.17) is 4.74 Å². The van der Waals surface area contributed by atoms with Gasteiger partial charge in [0.05, 0.1) is 6.54 Å². The molecule has 130 valence electrons. The fraction of sp³-hybridized carbons (Fsp3) is 0.571. The fourth-order valence-electron chi connectivity index (χ4n) is 1.79. The molecule has 9 heteroatoms. The number of anilines is 1. The maximum atomic E-state index is 12.2. The summed E-state index contributed by atoms with van der Waals surface area (Å²) in [4.78, 5) is 17.1. The van der Waals surface area contributed by atoms with Crippen molar-refractivity contribution in [3.05, 3.63) is 18.2 Å². The summed E-state index contributed by atoms with van der Waals surface area (Å²) in [6, 6.07) is 4.68. The van der Waals surface area contributed by atoms with Gasteiger partial charge in [-0.3, -0.25) is 4.79 Å². The van der Waals surface area contributed by atoms with Gasteiger partial charge in [-0.05, 0) is 25.0 Å². The van der Waals surface area contributed by atoms with Gasteiger partial charge in [-0.25, -0.2) is 18.1 Å². The van der Waals surface area contributed by atoms with Crippen molar-refractivity contribution in [3.8, 4) is 0 Å². The van der Waals surface area contributed by atoms with E-state index in [0.29, 0.717) is 25.4 Å². The molecular weight excluding hydrogens is 320 g/mol. The SMILES string of the molecule is CNC(=O)CN(C)c1cccc(S(=O)(=O)NCCCCOC)n1. The molecule has 0 radical (unpaired) electrons. The Labute approximate surface area is 137 Å². The van der Waals surface area contributed by atoms with Crippen LogP contribution in [0.4, 0.5) is 5.82 Å². The Bertz CT molecular complexity index is 607. The van der Waals surface area contributed by atoms with Crippen molar-refractivity contribution in [3.63, 3.8) is 0 Å². The van der Waals surface area contributed by atoms with E-state index in [-0.39, 0.29) is 17.5 Å². The number of likely N-dealkylation sites (N-methyl/N-ethyl adjacent to an activating group) is 2. The molecule has 23 heavy (non-hydrogen) atoms. The van der Waals surface area contributed by atoms with Crippen molar-refractivity contribution in [1.82, 2.24) is 15.0 Å². The van der Waals surface area contributed by atoms with Crippen LogP contribution >= 0.6 is 0 Å². The topological polar surface area (TPSA) is 101 Å². The van der Waals surface area contributed by atoms with E-state index < -0.39 is 10.0 Å². The molecule has 0 spiro atoms. The van der Waals surface area contributed by atoms with Crippen LogP contribution in [0, 0.1) is 0 Å². The highest BCUT2D eigenvalue weighted by Crippen LogP contribution is 2.13. The van der Waals surface area contributed by atoms with Gasteiger partial charge in [0.1, 0.15) is 5.82 Å². The molecule has 1 heterocycles. The number of nitrogens with one attached hydrogen (secondary N) is 2. The number of unbranched alkanes of at least 4 members (excludes halogenated alkanes) is 1. The van der Waals surface area contributed by atoms with Gasteiger partial charge in [0, 0.05) is 34.4 Å². The zero-order valence-corrected chi connectivity index (χ0v) is 14.5. The van der Waals surface area contributed by atoms with E-state index in [1.54, 1.807) is 31.2 Å². The fourth-order valence-corrected chi connectivity index (χ4v) is 2.83. The zero-order valence-electron chi connectivity index (χ0n) is 13.7. The van der Waals surface area contributed by atoms with Gasteiger partial charge in [0.15, 0.2) is 5.03 Å². The van der Waals surface area contributed by atoms with Crippen LogP contribution in [-0.4, -0.2) is 60.2 Å². The van der Waals surface area contributed by atoms with Crippen LogP contribution in [0.25, 0.3) is 0 Å². The van der Waals surface area contributed by atoms with Gasteiger partial charge >= 0.3 is 0 Å². The Morgan fingerprint density at radius 2 is 2.09 bits per heavy atom. The molecule has 2 N–H and O–H groups in total. The number of rotatable bonds is 10. The summed E-state index contributed by atoms with van der Waals surface area (Å²) in [7, 11) is 1.15. The molecule has 1 rings (SSSR count). The van der Waals surface area contributed by atoms with Gasteiger partial charge in [0.2, 0.25) is 5.91 Å². The van der Waals surface area contributed by atoms with Crippen LogP contribution in [0.3, 0.4) is 0 Å². The van der Waals surface area contributed by atoms with Crippen LogP contribution in [0.2, 0.25) is 0 Å². The summed E-state index contributed by atoms with van der Waals surface area (Å²) >= 11 is 0. The average molecular weight is 344 g/mol. The van der Waals surface area contributed by atoms with E-state index in [9.17, 15) is 13.2 Å². The lowest BCUT2D eigenvalue weighted by Gasteiger charge is -2.17. The second-order valence-electron chi connectivity index (χ2n) is 4.96. The van der Waals surface area contributed by atoms with E-state index >= 15 is 0 Å². The number of amides is 1.